The van der Waals surface area contributed by atoms with E-state index in [2.05, 4.69) is 10.6 Å². The van der Waals surface area contributed by atoms with Crippen LogP contribution in [0.4, 0.5) is 9.59 Å². The van der Waals surface area contributed by atoms with Gasteiger partial charge in [0, 0.05) is 83.3 Å². The van der Waals surface area contributed by atoms with Crippen molar-refractivity contribution in [3.8, 4) is 28.3 Å². The van der Waals surface area contributed by atoms with E-state index in [1.54, 1.807) is 16.0 Å². The zero-order chi connectivity index (χ0) is 40.4. The van der Waals surface area contributed by atoms with E-state index in [1.807, 2.05) is 77.9 Å². The van der Waals surface area contributed by atoms with E-state index in [0.29, 0.717) is 66.4 Å². The zero-order valence-corrected chi connectivity index (χ0v) is 34.1. The summed E-state index contributed by atoms with van der Waals surface area (Å²) in [5, 5.41) is 6.36. The molecule has 0 unspecified atom stereocenters. The molecule has 300 valence electrons. The molecule has 6 rings (SSSR count). The molecule has 0 saturated carbocycles. The summed E-state index contributed by atoms with van der Waals surface area (Å²) < 4.78 is 17.7. The molecule has 4 amide bonds. The van der Waals surface area contributed by atoms with E-state index >= 15 is 0 Å². The molecule has 3 atom stereocenters. The van der Waals surface area contributed by atoms with Crippen molar-refractivity contribution in [1.29, 1.82) is 0 Å². The highest BCUT2D eigenvalue weighted by Gasteiger charge is 2.36. The molecular weight excluding hydrogens is 736 g/mol. The Bertz CT molecular complexity index is 1980. The van der Waals surface area contributed by atoms with Gasteiger partial charge in [0.1, 0.15) is 11.7 Å². The zero-order valence-electron chi connectivity index (χ0n) is 33.4. The van der Waals surface area contributed by atoms with Crippen molar-refractivity contribution in [3.05, 3.63) is 64.4 Å². The maximum absolute atomic E-state index is 13.8. The van der Waals surface area contributed by atoms with Gasteiger partial charge in [-0.2, -0.15) is 0 Å². The molecule has 13 nitrogen and oxygen atoms in total. The van der Waals surface area contributed by atoms with E-state index in [9.17, 15) is 19.2 Å². The summed E-state index contributed by atoms with van der Waals surface area (Å²) in [6, 6.07) is 11.1. The van der Waals surface area contributed by atoms with Crippen LogP contribution in [0.2, 0.25) is 5.02 Å². The topological polar surface area (TPSA) is 152 Å². The second kappa shape index (κ2) is 16.7. The van der Waals surface area contributed by atoms with Gasteiger partial charge in [-0.15, -0.1) is 0 Å². The summed E-state index contributed by atoms with van der Waals surface area (Å²) >= 11 is 7.16. The summed E-state index contributed by atoms with van der Waals surface area (Å²) in [5.74, 6) is 0.293. The van der Waals surface area contributed by atoms with Crippen LogP contribution >= 0.6 is 11.6 Å². The lowest BCUT2D eigenvalue weighted by Crippen LogP contribution is -2.51. The number of benzene rings is 1. The second-order valence-corrected chi connectivity index (χ2v) is 17.2. The SMILES string of the molecule is COc1nc(-c2cccc(-c3cnc4c(c3)[C@H](OC(=O)N(C[C@@H]3CCC(=O)N3)C(C)(C)C)CCC4)c2Cl)ccc1CN(C[C@@H]1CCC(=O)N1)C(=O)OC(C)(C)C. The normalized spacial score (nSPS) is 19.5. The molecule has 56 heavy (non-hydrogen) atoms. The Morgan fingerprint density at radius 3 is 2.20 bits per heavy atom. The number of pyridine rings is 2. The quantitative estimate of drug-likeness (QED) is 0.214. The van der Waals surface area contributed by atoms with Crippen LogP contribution in [0.15, 0.2) is 42.6 Å². The maximum Gasteiger partial charge on any atom is 0.410 e. The van der Waals surface area contributed by atoms with Crippen LogP contribution in [-0.4, -0.2) is 87.2 Å². The molecule has 3 aliphatic rings. The van der Waals surface area contributed by atoms with Crippen molar-refractivity contribution in [3.63, 3.8) is 0 Å². The third-order valence-corrected chi connectivity index (χ3v) is 10.7. The highest BCUT2D eigenvalue weighted by Crippen LogP contribution is 2.40. The van der Waals surface area contributed by atoms with Gasteiger partial charge in [0.15, 0.2) is 0 Å². The third kappa shape index (κ3) is 9.72. The number of halogens is 1. The molecule has 0 spiro atoms. The standard InChI is InChI=1S/C42H53ClN6O7/c1-41(2,3)49(24-28-16-19-36(51)46-28)40(53)55-34-13-9-12-32-31(34)20-26(21-44-32)29-10-8-11-30(37(29)43)33-17-14-25(38(47-33)54-7)22-48(39(52)56-42(4,5)6)23-27-15-18-35(50)45-27/h8,10-11,14,17,20-21,27-28,34H,9,12-13,15-16,18-19,22-24H2,1-7H3,(H,45,50)(H,46,51)/t27-,28-,34+/m0/s1. The van der Waals surface area contributed by atoms with Crippen molar-refractivity contribution in [1.82, 2.24) is 30.4 Å². The average Bonchev–Trinajstić information content (AvgIpc) is 3.75. The molecule has 14 heteroatoms. The van der Waals surface area contributed by atoms with Gasteiger partial charge in [0.05, 0.1) is 24.4 Å². The summed E-state index contributed by atoms with van der Waals surface area (Å²) in [4.78, 5) is 63.8. The van der Waals surface area contributed by atoms with Gasteiger partial charge in [-0.3, -0.25) is 14.6 Å². The summed E-state index contributed by atoms with van der Waals surface area (Å²) in [6.07, 6.45) is 4.83. The fraction of sp³-hybridized carbons (Fsp3) is 0.524. The molecule has 1 aliphatic carbocycles. The number of nitrogens with zero attached hydrogens (tertiary/aromatic N) is 4. The van der Waals surface area contributed by atoms with Crippen LogP contribution in [0.3, 0.4) is 0 Å². The predicted molar refractivity (Wildman–Crippen MR) is 212 cm³/mol. The third-order valence-electron chi connectivity index (χ3n) is 10.2. The van der Waals surface area contributed by atoms with E-state index < -0.39 is 29.4 Å². The monoisotopic (exact) mass is 788 g/mol. The second-order valence-electron chi connectivity index (χ2n) is 16.8. The Labute approximate surface area is 333 Å². The van der Waals surface area contributed by atoms with E-state index in [0.717, 1.165) is 35.2 Å². The molecule has 2 saturated heterocycles. The number of carbonyl (C=O) groups excluding carboxylic acids is 4. The van der Waals surface area contributed by atoms with Gasteiger partial charge in [0.25, 0.3) is 0 Å². The molecule has 2 N–H and O–H groups in total. The number of methoxy groups -OCH3 is 1. The van der Waals surface area contributed by atoms with Crippen molar-refractivity contribution < 1.29 is 33.4 Å². The first-order chi connectivity index (χ1) is 26.5. The minimum absolute atomic E-state index is 0.00142. The first-order valence-electron chi connectivity index (χ1n) is 19.4. The van der Waals surface area contributed by atoms with E-state index in [4.69, 9.17) is 35.8 Å². The van der Waals surface area contributed by atoms with Gasteiger partial charge in [-0.1, -0.05) is 29.8 Å². The lowest BCUT2D eigenvalue weighted by Gasteiger charge is -2.38. The van der Waals surface area contributed by atoms with Crippen molar-refractivity contribution in [2.24, 2.45) is 0 Å². The average molecular weight is 789 g/mol. The van der Waals surface area contributed by atoms with Gasteiger partial charge < -0.3 is 34.6 Å². The first kappa shape index (κ1) is 40.7. The Balaban J connectivity index is 1.24. The first-order valence-corrected chi connectivity index (χ1v) is 19.7. The number of carbonyl (C=O) groups is 4. The minimum Gasteiger partial charge on any atom is -0.481 e. The van der Waals surface area contributed by atoms with Crippen LogP contribution in [0.25, 0.3) is 22.4 Å². The van der Waals surface area contributed by atoms with Crippen LogP contribution in [0, 0.1) is 0 Å². The van der Waals surface area contributed by atoms with Gasteiger partial charge in [-0.25, -0.2) is 14.6 Å². The minimum atomic E-state index is -0.704. The van der Waals surface area contributed by atoms with Crippen molar-refractivity contribution in [2.75, 3.05) is 20.2 Å². The van der Waals surface area contributed by atoms with Gasteiger partial charge >= 0.3 is 12.2 Å². The highest BCUT2D eigenvalue weighted by atomic mass is 35.5. The highest BCUT2D eigenvalue weighted by molar-refractivity contribution is 6.36. The molecule has 2 fully saturated rings. The van der Waals surface area contributed by atoms with Crippen molar-refractivity contribution >= 4 is 35.6 Å². The smallest absolute Gasteiger partial charge is 0.410 e. The number of amides is 4. The lowest BCUT2D eigenvalue weighted by atomic mass is 9.91. The summed E-state index contributed by atoms with van der Waals surface area (Å²) in [5.41, 5.74) is 3.93. The van der Waals surface area contributed by atoms with Gasteiger partial charge in [-0.05, 0) is 91.8 Å². The summed E-state index contributed by atoms with van der Waals surface area (Å²) in [6.45, 7) is 12.1. The number of hydrogen-bond acceptors (Lipinski definition) is 9. The number of aromatic nitrogens is 2. The lowest BCUT2D eigenvalue weighted by molar-refractivity contribution is -0.120. The van der Waals surface area contributed by atoms with Crippen LogP contribution in [0.1, 0.15) is 103 Å². The van der Waals surface area contributed by atoms with E-state index in [1.165, 1.54) is 7.11 Å². The predicted octanol–water partition coefficient (Wildman–Crippen LogP) is 7.38. The largest absolute Gasteiger partial charge is 0.481 e. The maximum atomic E-state index is 13.8. The number of fused-ring (bicyclic) bond motifs is 1. The van der Waals surface area contributed by atoms with Gasteiger partial charge in [0.2, 0.25) is 17.7 Å². The molecule has 0 radical (unpaired) electrons. The van der Waals surface area contributed by atoms with Crippen molar-refractivity contribution in [2.45, 2.75) is 122 Å². The molecule has 3 aromatic rings. The van der Waals surface area contributed by atoms with E-state index in [-0.39, 0.29) is 37.0 Å². The molecule has 4 heterocycles. The number of ether oxygens (including phenoxy) is 3. The van der Waals surface area contributed by atoms with Crippen LogP contribution < -0.4 is 15.4 Å². The summed E-state index contributed by atoms with van der Waals surface area (Å²) in [7, 11) is 1.53. The number of aryl methyl sites for hydroxylation is 1. The molecule has 2 aliphatic heterocycles. The fourth-order valence-corrected chi connectivity index (χ4v) is 7.74. The fourth-order valence-electron chi connectivity index (χ4n) is 7.41. The number of rotatable bonds is 10. The van der Waals surface area contributed by atoms with Crippen LogP contribution in [0.5, 0.6) is 5.88 Å². The molecule has 1 aromatic carbocycles. The van der Waals surface area contributed by atoms with Crippen LogP contribution in [-0.2, 0) is 32.0 Å². The Morgan fingerprint density at radius 2 is 1.57 bits per heavy atom. The molecule has 0 bridgehead atoms. The Morgan fingerprint density at radius 1 is 0.893 bits per heavy atom. The number of hydrogen-bond donors (Lipinski definition) is 2. The molecule has 2 aromatic heterocycles. The number of nitrogens with one attached hydrogen (secondary N) is 2. The Hall–Kier alpha value is -4.91. The molecular formula is C42H53ClN6O7. The Kier molecular flexibility index (Phi) is 12.1.